The zero-order chi connectivity index (χ0) is 22.7. The fourth-order valence-electron chi connectivity index (χ4n) is 3.88. The van der Waals surface area contributed by atoms with E-state index in [0.29, 0.717) is 40.5 Å². The van der Waals surface area contributed by atoms with Gasteiger partial charge in [0.25, 0.3) is 0 Å². The molecule has 0 aliphatic carbocycles. The monoisotopic (exact) mass is 457 g/mol. The molecule has 1 aliphatic rings. The summed E-state index contributed by atoms with van der Waals surface area (Å²) in [4.78, 5) is 19.4. The van der Waals surface area contributed by atoms with Crippen LogP contribution in [-0.2, 0) is 11.2 Å². The Morgan fingerprint density at radius 1 is 1.09 bits per heavy atom. The van der Waals surface area contributed by atoms with Crippen LogP contribution in [0.4, 0.5) is 0 Å². The van der Waals surface area contributed by atoms with Crippen molar-refractivity contribution in [1.82, 2.24) is 15.0 Å². The van der Waals surface area contributed by atoms with Crippen LogP contribution >= 0.6 is 11.6 Å². The predicted octanol–water partition coefficient (Wildman–Crippen LogP) is 4.32. The van der Waals surface area contributed by atoms with Crippen molar-refractivity contribution in [2.24, 2.45) is 0 Å². The predicted molar refractivity (Wildman–Crippen MR) is 118 cm³/mol. The minimum Gasteiger partial charge on any atom is -0.495 e. The second-order valence-corrected chi connectivity index (χ2v) is 7.82. The van der Waals surface area contributed by atoms with E-state index in [-0.39, 0.29) is 18.4 Å². The molecule has 8 nitrogen and oxygen atoms in total. The third kappa shape index (κ3) is 4.36. The highest BCUT2D eigenvalue weighted by molar-refractivity contribution is 6.32. The van der Waals surface area contributed by atoms with Gasteiger partial charge in [-0.15, -0.1) is 0 Å². The Balaban J connectivity index is 1.51. The van der Waals surface area contributed by atoms with Gasteiger partial charge in [0, 0.05) is 12.1 Å². The number of likely N-dealkylation sites (tertiary alicyclic amines) is 1. The summed E-state index contributed by atoms with van der Waals surface area (Å²) < 4.78 is 21.4. The van der Waals surface area contributed by atoms with Gasteiger partial charge < -0.3 is 23.6 Å². The normalized spacial score (nSPS) is 15.6. The van der Waals surface area contributed by atoms with Crippen LogP contribution in [0.5, 0.6) is 17.2 Å². The van der Waals surface area contributed by atoms with Crippen molar-refractivity contribution in [1.29, 1.82) is 0 Å². The van der Waals surface area contributed by atoms with E-state index < -0.39 is 0 Å². The molecule has 0 N–H and O–H groups in total. The SMILES string of the molecule is COc1ccc(CC(=O)N2CCCC2c2nc(-c3ccc(OC)c(OC)c3)no2)cc1Cl. The van der Waals surface area contributed by atoms with E-state index in [0.717, 1.165) is 24.0 Å². The Labute approximate surface area is 191 Å². The first-order valence-electron chi connectivity index (χ1n) is 10.2. The summed E-state index contributed by atoms with van der Waals surface area (Å²) in [5.74, 6) is 2.61. The summed E-state index contributed by atoms with van der Waals surface area (Å²) in [6, 6.07) is 10.5. The van der Waals surface area contributed by atoms with Gasteiger partial charge in [0.1, 0.15) is 11.8 Å². The molecule has 0 bridgehead atoms. The second kappa shape index (κ2) is 9.48. The van der Waals surface area contributed by atoms with Crippen LogP contribution in [0.1, 0.15) is 30.3 Å². The number of halogens is 1. The topological polar surface area (TPSA) is 86.9 Å². The van der Waals surface area contributed by atoms with Crippen LogP contribution < -0.4 is 14.2 Å². The van der Waals surface area contributed by atoms with Crippen LogP contribution in [0.3, 0.4) is 0 Å². The molecule has 32 heavy (non-hydrogen) atoms. The van der Waals surface area contributed by atoms with E-state index in [2.05, 4.69) is 10.1 Å². The Bertz CT molecular complexity index is 1120. The first-order chi connectivity index (χ1) is 15.5. The molecule has 1 aromatic heterocycles. The van der Waals surface area contributed by atoms with Crippen molar-refractivity contribution in [3.8, 4) is 28.6 Å². The second-order valence-electron chi connectivity index (χ2n) is 7.42. The highest BCUT2D eigenvalue weighted by Crippen LogP contribution is 2.35. The van der Waals surface area contributed by atoms with Crippen LogP contribution in [-0.4, -0.2) is 48.8 Å². The Morgan fingerprint density at radius 3 is 2.56 bits per heavy atom. The van der Waals surface area contributed by atoms with E-state index in [1.807, 2.05) is 12.1 Å². The Hall–Kier alpha value is -3.26. The molecule has 1 saturated heterocycles. The lowest BCUT2D eigenvalue weighted by Gasteiger charge is -2.22. The number of methoxy groups -OCH3 is 3. The van der Waals surface area contributed by atoms with Crippen molar-refractivity contribution >= 4 is 17.5 Å². The maximum atomic E-state index is 13.0. The molecular formula is C23H24ClN3O5. The number of rotatable bonds is 7. The third-order valence-corrected chi connectivity index (χ3v) is 5.81. The molecule has 3 aromatic rings. The molecule has 0 radical (unpaired) electrons. The minimum absolute atomic E-state index is 0.0143. The molecule has 168 valence electrons. The summed E-state index contributed by atoms with van der Waals surface area (Å²) in [7, 11) is 4.71. The number of amides is 1. The van der Waals surface area contributed by atoms with Crippen LogP contribution in [0.15, 0.2) is 40.9 Å². The maximum Gasteiger partial charge on any atom is 0.249 e. The minimum atomic E-state index is -0.252. The molecule has 1 aliphatic heterocycles. The van der Waals surface area contributed by atoms with Crippen LogP contribution in [0, 0.1) is 0 Å². The summed E-state index contributed by atoms with van der Waals surface area (Å²) in [6.07, 6.45) is 1.87. The molecule has 1 fully saturated rings. The zero-order valence-electron chi connectivity index (χ0n) is 18.1. The molecule has 1 atom stereocenters. The number of benzene rings is 2. The summed E-state index contributed by atoms with van der Waals surface area (Å²) in [6.45, 7) is 0.640. The van der Waals surface area contributed by atoms with Crippen molar-refractivity contribution in [3.05, 3.63) is 52.9 Å². The van der Waals surface area contributed by atoms with Crippen LogP contribution in [0.25, 0.3) is 11.4 Å². The van der Waals surface area contributed by atoms with Gasteiger partial charge in [0.15, 0.2) is 11.5 Å². The largest absolute Gasteiger partial charge is 0.495 e. The molecule has 2 aromatic carbocycles. The number of aromatic nitrogens is 2. The molecular weight excluding hydrogens is 434 g/mol. The van der Waals surface area contributed by atoms with Gasteiger partial charge in [-0.1, -0.05) is 22.8 Å². The lowest BCUT2D eigenvalue weighted by molar-refractivity contribution is -0.131. The average Bonchev–Trinajstić information content (AvgIpc) is 3.48. The lowest BCUT2D eigenvalue weighted by atomic mass is 10.1. The van der Waals surface area contributed by atoms with Crippen LogP contribution in [0.2, 0.25) is 5.02 Å². The van der Waals surface area contributed by atoms with Crippen molar-refractivity contribution in [2.75, 3.05) is 27.9 Å². The Kier molecular flexibility index (Phi) is 6.50. The van der Waals surface area contributed by atoms with E-state index in [9.17, 15) is 4.79 Å². The standard InChI is InChI=1S/C23H24ClN3O5/c1-29-18-8-6-14(11-16(18)24)12-21(28)27-10-4-5-17(27)23-25-22(26-32-23)15-7-9-19(30-2)20(13-15)31-3/h6-9,11,13,17H,4-5,10,12H2,1-3H3. The van der Waals surface area contributed by atoms with E-state index in [1.165, 1.54) is 0 Å². The van der Waals surface area contributed by atoms with Gasteiger partial charge in [0.2, 0.25) is 17.6 Å². The van der Waals surface area contributed by atoms with Gasteiger partial charge in [0.05, 0.1) is 32.8 Å². The summed E-state index contributed by atoms with van der Waals surface area (Å²) >= 11 is 6.20. The highest BCUT2D eigenvalue weighted by Gasteiger charge is 2.34. The maximum absolute atomic E-state index is 13.0. The molecule has 1 amide bonds. The quantitative estimate of drug-likeness (QED) is 0.522. The van der Waals surface area contributed by atoms with E-state index in [4.69, 9.17) is 30.3 Å². The fourth-order valence-corrected chi connectivity index (χ4v) is 4.16. The summed E-state index contributed by atoms with van der Waals surface area (Å²) in [5, 5.41) is 4.60. The smallest absolute Gasteiger partial charge is 0.249 e. The molecule has 1 unspecified atom stereocenters. The molecule has 0 saturated carbocycles. The van der Waals surface area contributed by atoms with Crippen molar-refractivity contribution in [3.63, 3.8) is 0 Å². The number of hydrogen-bond acceptors (Lipinski definition) is 7. The number of ether oxygens (including phenoxy) is 3. The van der Waals surface area contributed by atoms with Crippen molar-refractivity contribution in [2.45, 2.75) is 25.3 Å². The third-order valence-electron chi connectivity index (χ3n) is 5.51. The van der Waals surface area contributed by atoms with Gasteiger partial charge in [-0.3, -0.25) is 4.79 Å². The first-order valence-corrected chi connectivity index (χ1v) is 10.6. The molecule has 2 heterocycles. The number of nitrogens with zero attached hydrogens (tertiary/aromatic N) is 3. The zero-order valence-corrected chi connectivity index (χ0v) is 18.9. The van der Waals surface area contributed by atoms with Gasteiger partial charge in [-0.25, -0.2) is 0 Å². The highest BCUT2D eigenvalue weighted by atomic mass is 35.5. The molecule has 4 rings (SSSR count). The van der Waals surface area contributed by atoms with Gasteiger partial charge in [-0.05, 0) is 48.7 Å². The van der Waals surface area contributed by atoms with Gasteiger partial charge in [-0.2, -0.15) is 4.98 Å². The molecule has 9 heteroatoms. The fraction of sp³-hybridized carbons (Fsp3) is 0.348. The van der Waals surface area contributed by atoms with Gasteiger partial charge >= 0.3 is 0 Å². The van der Waals surface area contributed by atoms with E-state index in [1.54, 1.807) is 50.5 Å². The molecule has 0 spiro atoms. The first kappa shape index (κ1) is 22.0. The number of carbonyl (C=O) groups excluding carboxylic acids is 1. The number of carbonyl (C=O) groups is 1. The van der Waals surface area contributed by atoms with E-state index >= 15 is 0 Å². The van der Waals surface area contributed by atoms with Crippen molar-refractivity contribution < 1.29 is 23.5 Å². The lowest BCUT2D eigenvalue weighted by Crippen LogP contribution is -2.32. The number of hydrogen-bond donors (Lipinski definition) is 0. The summed E-state index contributed by atoms with van der Waals surface area (Å²) in [5.41, 5.74) is 1.56. The Morgan fingerprint density at radius 2 is 1.84 bits per heavy atom. The average molecular weight is 458 g/mol.